The van der Waals surface area contributed by atoms with Crippen molar-refractivity contribution in [3.63, 3.8) is 0 Å². The summed E-state index contributed by atoms with van der Waals surface area (Å²) in [7, 11) is -1.99. The molecule has 9 heteroatoms. The van der Waals surface area contributed by atoms with Gasteiger partial charge in [0.15, 0.2) is 0 Å². The van der Waals surface area contributed by atoms with E-state index < -0.39 is 10.0 Å². The zero-order valence-electron chi connectivity index (χ0n) is 21.0. The molecular weight excluding hydrogens is 476 g/mol. The number of benzene rings is 2. The van der Waals surface area contributed by atoms with Gasteiger partial charge in [-0.15, -0.1) is 0 Å². The van der Waals surface area contributed by atoms with E-state index in [0.29, 0.717) is 43.6 Å². The molecule has 0 N–H and O–H groups in total. The summed E-state index contributed by atoms with van der Waals surface area (Å²) in [5.41, 5.74) is 0.876. The van der Waals surface area contributed by atoms with Crippen molar-refractivity contribution in [2.45, 2.75) is 56.1 Å². The van der Waals surface area contributed by atoms with Crippen molar-refractivity contribution < 1.29 is 17.9 Å². The molecular formula is C27H34N4O4S. The number of ether oxygens (including phenoxy) is 2. The standard InChI is InChI=1S/C27H34N4O4S/c1-20(30-16-18-31(19-17-30)36(32,33)23-14-12-21(34-2)13-15-23)26-28-25-11-7-6-10-24(25)27(29-26)35-22-8-4-3-5-9-22/h6-7,10-15,20,22H,3-5,8-9,16-19H2,1-2H3/t20-/m0/s1. The number of rotatable bonds is 7. The monoisotopic (exact) mass is 510 g/mol. The molecule has 1 saturated carbocycles. The second-order valence-corrected chi connectivity index (χ2v) is 11.5. The molecule has 2 heterocycles. The number of fused-ring (bicyclic) bond motifs is 1. The number of aromatic nitrogens is 2. The third-order valence-electron chi connectivity index (χ3n) is 7.31. The highest BCUT2D eigenvalue weighted by Crippen LogP contribution is 2.30. The van der Waals surface area contributed by atoms with Crippen LogP contribution >= 0.6 is 0 Å². The molecule has 5 rings (SSSR count). The predicted molar refractivity (Wildman–Crippen MR) is 139 cm³/mol. The Morgan fingerprint density at radius 3 is 2.31 bits per heavy atom. The van der Waals surface area contributed by atoms with Gasteiger partial charge in [-0.05, 0) is 69.0 Å². The Hall–Kier alpha value is -2.75. The van der Waals surface area contributed by atoms with Crippen molar-refractivity contribution in [3.05, 3.63) is 54.4 Å². The minimum Gasteiger partial charge on any atom is -0.497 e. The van der Waals surface area contributed by atoms with E-state index in [2.05, 4.69) is 11.8 Å². The van der Waals surface area contributed by atoms with E-state index in [0.717, 1.165) is 23.7 Å². The lowest BCUT2D eigenvalue weighted by Crippen LogP contribution is -2.49. The van der Waals surface area contributed by atoms with Crippen LogP contribution in [-0.2, 0) is 10.0 Å². The van der Waals surface area contributed by atoms with Gasteiger partial charge in [-0.25, -0.2) is 13.4 Å². The van der Waals surface area contributed by atoms with E-state index in [9.17, 15) is 8.42 Å². The number of piperazine rings is 1. The topological polar surface area (TPSA) is 84.9 Å². The molecule has 0 bridgehead atoms. The molecule has 1 atom stereocenters. The van der Waals surface area contributed by atoms with Crippen molar-refractivity contribution in [1.82, 2.24) is 19.2 Å². The van der Waals surface area contributed by atoms with Crippen LogP contribution in [0.15, 0.2) is 53.4 Å². The van der Waals surface area contributed by atoms with Crippen molar-refractivity contribution in [3.8, 4) is 11.6 Å². The molecule has 0 amide bonds. The van der Waals surface area contributed by atoms with Gasteiger partial charge in [0.2, 0.25) is 15.9 Å². The summed E-state index contributed by atoms with van der Waals surface area (Å²) in [6.45, 7) is 4.12. The number of para-hydroxylation sites is 1. The highest BCUT2D eigenvalue weighted by atomic mass is 32.2. The van der Waals surface area contributed by atoms with Crippen LogP contribution in [0.4, 0.5) is 0 Å². The molecule has 0 unspecified atom stereocenters. The average molecular weight is 511 g/mol. The summed E-state index contributed by atoms with van der Waals surface area (Å²) in [6, 6.07) is 14.5. The minimum atomic E-state index is -3.55. The van der Waals surface area contributed by atoms with Crippen LogP contribution in [0.3, 0.4) is 0 Å². The predicted octanol–water partition coefficient (Wildman–Crippen LogP) is 4.42. The largest absolute Gasteiger partial charge is 0.497 e. The molecule has 1 aliphatic heterocycles. The first-order valence-electron chi connectivity index (χ1n) is 12.8. The molecule has 1 aromatic heterocycles. The Kier molecular flexibility index (Phi) is 7.41. The van der Waals surface area contributed by atoms with Crippen LogP contribution in [0.25, 0.3) is 10.9 Å². The van der Waals surface area contributed by atoms with E-state index in [4.69, 9.17) is 19.4 Å². The zero-order chi connectivity index (χ0) is 25.1. The molecule has 2 aromatic carbocycles. The number of methoxy groups -OCH3 is 1. The Morgan fingerprint density at radius 1 is 0.917 bits per heavy atom. The SMILES string of the molecule is COc1ccc(S(=O)(=O)N2CCN([C@@H](C)c3nc(OC4CCCCC4)c4ccccc4n3)CC2)cc1. The maximum Gasteiger partial charge on any atom is 0.243 e. The second-order valence-electron chi connectivity index (χ2n) is 9.57. The van der Waals surface area contributed by atoms with Crippen molar-refractivity contribution >= 4 is 20.9 Å². The van der Waals surface area contributed by atoms with Gasteiger partial charge in [0, 0.05) is 26.2 Å². The fourth-order valence-corrected chi connectivity index (χ4v) is 6.50. The molecule has 1 saturated heterocycles. The number of hydrogen-bond donors (Lipinski definition) is 0. The highest BCUT2D eigenvalue weighted by Gasteiger charge is 2.31. The van der Waals surface area contributed by atoms with Crippen molar-refractivity contribution in [2.24, 2.45) is 0 Å². The summed E-state index contributed by atoms with van der Waals surface area (Å²) in [5.74, 6) is 2.01. The fraction of sp³-hybridized carbons (Fsp3) is 0.481. The van der Waals surface area contributed by atoms with Gasteiger partial charge < -0.3 is 9.47 Å². The summed E-state index contributed by atoms with van der Waals surface area (Å²) in [6.07, 6.45) is 5.99. The number of nitrogens with zero attached hydrogens (tertiary/aromatic N) is 4. The number of sulfonamides is 1. The van der Waals surface area contributed by atoms with Gasteiger partial charge in [-0.3, -0.25) is 4.90 Å². The van der Waals surface area contributed by atoms with E-state index >= 15 is 0 Å². The highest BCUT2D eigenvalue weighted by molar-refractivity contribution is 7.89. The van der Waals surface area contributed by atoms with E-state index in [1.165, 1.54) is 19.3 Å². The van der Waals surface area contributed by atoms with Gasteiger partial charge in [0.1, 0.15) is 17.7 Å². The van der Waals surface area contributed by atoms with Gasteiger partial charge in [-0.2, -0.15) is 9.29 Å². The first kappa shape index (κ1) is 24.9. The molecule has 0 radical (unpaired) electrons. The molecule has 2 fully saturated rings. The molecule has 192 valence electrons. The third kappa shape index (κ3) is 5.19. The molecule has 2 aliphatic rings. The van der Waals surface area contributed by atoms with E-state index in [-0.39, 0.29) is 17.0 Å². The van der Waals surface area contributed by atoms with Gasteiger partial charge >= 0.3 is 0 Å². The Balaban J connectivity index is 1.31. The molecule has 36 heavy (non-hydrogen) atoms. The summed E-state index contributed by atoms with van der Waals surface area (Å²) in [4.78, 5) is 12.3. The van der Waals surface area contributed by atoms with Crippen LogP contribution in [0.2, 0.25) is 0 Å². The van der Waals surface area contributed by atoms with E-state index in [1.54, 1.807) is 35.7 Å². The zero-order valence-corrected chi connectivity index (χ0v) is 21.8. The molecule has 0 spiro atoms. The van der Waals surface area contributed by atoms with Gasteiger partial charge in [0.25, 0.3) is 0 Å². The van der Waals surface area contributed by atoms with Gasteiger partial charge in [0.05, 0.1) is 29.0 Å². The maximum absolute atomic E-state index is 13.1. The Morgan fingerprint density at radius 2 is 1.61 bits per heavy atom. The lowest BCUT2D eigenvalue weighted by Gasteiger charge is -2.37. The maximum atomic E-state index is 13.1. The van der Waals surface area contributed by atoms with Crippen LogP contribution in [-0.4, -0.2) is 67.0 Å². The first-order chi connectivity index (χ1) is 17.5. The van der Waals surface area contributed by atoms with Crippen LogP contribution in [0, 0.1) is 0 Å². The van der Waals surface area contributed by atoms with Crippen molar-refractivity contribution in [1.29, 1.82) is 0 Å². The first-order valence-corrected chi connectivity index (χ1v) is 14.2. The molecule has 8 nitrogen and oxygen atoms in total. The van der Waals surface area contributed by atoms with E-state index in [1.807, 2.05) is 24.3 Å². The lowest BCUT2D eigenvalue weighted by molar-refractivity contribution is 0.135. The molecule has 1 aliphatic carbocycles. The van der Waals surface area contributed by atoms with Crippen LogP contribution in [0.1, 0.15) is 50.9 Å². The fourth-order valence-electron chi connectivity index (χ4n) is 5.07. The normalized spacial score (nSPS) is 19.3. The second kappa shape index (κ2) is 10.7. The Bertz CT molecular complexity index is 1280. The van der Waals surface area contributed by atoms with Crippen LogP contribution < -0.4 is 9.47 Å². The summed E-state index contributed by atoms with van der Waals surface area (Å²) >= 11 is 0. The minimum absolute atomic E-state index is 0.0610. The lowest BCUT2D eigenvalue weighted by atomic mass is 9.98. The third-order valence-corrected chi connectivity index (χ3v) is 9.22. The summed E-state index contributed by atoms with van der Waals surface area (Å²) in [5, 5.41) is 0.939. The van der Waals surface area contributed by atoms with Crippen molar-refractivity contribution in [2.75, 3.05) is 33.3 Å². The average Bonchev–Trinajstić information content (AvgIpc) is 2.93. The van der Waals surface area contributed by atoms with Crippen LogP contribution in [0.5, 0.6) is 11.6 Å². The summed E-state index contributed by atoms with van der Waals surface area (Å²) < 4.78 is 39.4. The molecule has 3 aromatic rings. The quantitative estimate of drug-likeness (QED) is 0.465. The Labute approximate surface area is 213 Å². The smallest absolute Gasteiger partial charge is 0.243 e. The van der Waals surface area contributed by atoms with Gasteiger partial charge in [-0.1, -0.05) is 18.6 Å². The number of hydrogen-bond acceptors (Lipinski definition) is 7.